The topological polar surface area (TPSA) is 48.4 Å². The van der Waals surface area contributed by atoms with Crippen molar-refractivity contribution in [2.24, 2.45) is 0 Å². The van der Waals surface area contributed by atoms with Crippen LogP contribution in [-0.2, 0) is 12.8 Å². The van der Waals surface area contributed by atoms with Gasteiger partial charge in [0, 0.05) is 51.3 Å². The molecule has 0 amide bonds. The van der Waals surface area contributed by atoms with Crippen LogP contribution in [0, 0.1) is 0 Å². The van der Waals surface area contributed by atoms with Crippen LogP contribution in [0.15, 0.2) is 12.3 Å². The minimum absolute atomic E-state index is 0.765. The van der Waals surface area contributed by atoms with Gasteiger partial charge >= 0.3 is 0 Å². The zero-order valence-corrected chi connectivity index (χ0v) is 14.5. The first-order valence-corrected chi connectivity index (χ1v) is 9.01. The summed E-state index contributed by atoms with van der Waals surface area (Å²) in [6, 6.07) is 2.00. The number of hydrogen-bond donors (Lipinski definition) is 0. The van der Waals surface area contributed by atoms with Gasteiger partial charge < -0.3 is 14.7 Å². The van der Waals surface area contributed by atoms with Crippen molar-refractivity contribution in [2.45, 2.75) is 19.3 Å². The monoisotopic (exact) mass is 330 g/mol. The predicted molar refractivity (Wildman–Crippen MR) is 94.9 cm³/mol. The lowest BCUT2D eigenvalue weighted by molar-refractivity contribution is 0.644. The van der Waals surface area contributed by atoms with Gasteiger partial charge in [0.1, 0.15) is 5.82 Å². The maximum Gasteiger partial charge on any atom is 0.226 e. The number of rotatable bonds is 3. The summed E-state index contributed by atoms with van der Waals surface area (Å²) in [6.07, 6.45) is 5.51. The third-order valence-electron chi connectivity index (χ3n) is 4.49. The molecule has 23 heavy (non-hydrogen) atoms. The summed E-state index contributed by atoms with van der Waals surface area (Å²) in [5.74, 6) is 1.78. The van der Waals surface area contributed by atoms with Crippen molar-refractivity contribution in [3.8, 4) is 0 Å². The van der Waals surface area contributed by atoms with Crippen molar-refractivity contribution in [3.63, 3.8) is 0 Å². The Morgan fingerprint density at radius 1 is 1.04 bits per heavy atom. The van der Waals surface area contributed by atoms with Crippen LogP contribution in [0.25, 0.3) is 0 Å². The molecule has 4 rings (SSSR count). The van der Waals surface area contributed by atoms with Crippen LogP contribution < -0.4 is 14.7 Å². The first-order valence-electron chi connectivity index (χ1n) is 8.19. The van der Waals surface area contributed by atoms with Crippen LogP contribution >= 0.6 is 11.3 Å². The van der Waals surface area contributed by atoms with E-state index in [2.05, 4.69) is 19.8 Å². The number of aromatic nitrogens is 3. The summed E-state index contributed by atoms with van der Waals surface area (Å²) < 4.78 is 0. The Morgan fingerprint density at radius 3 is 2.57 bits per heavy atom. The number of thiazole rings is 1. The molecule has 2 aromatic rings. The van der Waals surface area contributed by atoms with E-state index in [0.29, 0.717) is 0 Å². The van der Waals surface area contributed by atoms with Gasteiger partial charge in [-0.2, -0.15) is 4.98 Å². The maximum absolute atomic E-state index is 4.84. The van der Waals surface area contributed by atoms with Gasteiger partial charge in [-0.3, -0.25) is 0 Å². The van der Waals surface area contributed by atoms with E-state index >= 15 is 0 Å². The van der Waals surface area contributed by atoms with E-state index in [-0.39, 0.29) is 0 Å². The molecule has 0 aromatic carbocycles. The summed E-state index contributed by atoms with van der Waals surface area (Å²) >= 11 is 1.90. The standard InChI is InChI=1S/C16H22N6S/c1-20(2)15-17-7-6-14(19-15)21-8-10-22(11-9-21)16-18-12-4-3-5-13(12)23-16/h6-7H,3-5,8-11H2,1-2H3. The molecular weight excluding hydrogens is 308 g/mol. The molecule has 3 heterocycles. The molecule has 1 fully saturated rings. The lowest BCUT2D eigenvalue weighted by atomic mass is 10.3. The van der Waals surface area contributed by atoms with Gasteiger partial charge in [-0.15, -0.1) is 11.3 Å². The summed E-state index contributed by atoms with van der Waals surface area (Å²) in [5.41, 5.74) is 1.35. The van der Waals surface area contributed by atoms with E-state index in [1.807, 2.05) is 42.6 Å². The zero-order valence-electron chi connectivity index (χ0n) is 13.7. The zero-order chi connectivity index (χ0) is 15.8. The van der Waals surface area contributed by atoms with E-state index in [4.69, 9.17) is 4.98 Å². The SMILES string of the molecule is CN(C)c1nccc(N2CCN(c3nc4c(s3)CCC4)CC2)n1. The fourth-order valence-electron chi connectivity index (χ4n) is 3.17. The molecule has 0 unspecified atom stereocenters. The molecule has 6 nitrogen and oxygen atoms in total. The highest BCUT2D eigenvalue weighted by atomic mass is 32.1. The Kier molecular flexibility index (Phi) is 3.80. The van der Waals surface area contributed by atoms with Crippen molar-refractivity contribution < 1.29 is 0 Å². The quantitative estimate of drug-likeness (QED) is 0.855. The third kappa shape index (κ3) is 2.85. The molecule has 0 spiro atoms. The second-order valence-corrected chi connectivity index (χ2v) is 7.37. The Labute approximate surface area is 140 Å². The number of aryl methyl sites for hydroxylation is 2. The van der Waals surface area contributed by atoms with E-state index in [1.54, 1.807) is 0 Å². The van der Waals surface area contributed by atoms with Crippen LogP contribution in [0.3, 0.4) is 0 Å². The highest BCUT2D eigenvalue weighted by Gasteiger charge is 2.24. The largest absolute Gasteiger partial charge is 0.353 e. The van der Waals surface area contributed by atoms with Gasteiger partial charge in [0.2, 0.25) is 5.95 Å². The minimum atomic E-state index is 0.765. The molecule has 0 bridgehead atoms. The molecule has 0 saturated carbocycles. The fraction of sp³-hybridized carbons (Fsp3) is 0.562. The lowest BCUT2D eigenvalue weighted by Crippen LogP contribution is -2.46. The normalized spacial score (nSPS) is 17.5. The van der Waals surface area contributed by atoms with Crippen LogP contribution in [0.5, 0.6) is 0 Å². The van der Waals surface area contributed by atoms with Crippen LogP contribution in [0.4, 0.5) is 16.9 Å². The summed E-state index contributed by atoms with van der Waals surface area (Å²) in [6.45, 7) is 3.98. The Bertz CT molecular complexity index is 668. The number of anilines is 3. The highest BCUT2D eigenvalue weighted by molar-refractivity contribution is 7.15. The molecule has 0 N–H and O–H groups in total. The van der Waals surface area contributed by atoms with Gasteiger partial charge in [0.15, 0.2) is 5.13 Å². The van der Waals surface area contributed by atoms with Gasteiger partial charge in [-0.1, -0.05) is 0 Å². The number of piperazine rings is 1. The van der Waals surface area contributed by atoms with Gasteiger partial charge in [-0.05, 0) is 25.3 Å². The molecule has 1 aliphatic carbocycles. The molecule has 122 valence electrons. The average molecular weight is 330 g/mol. The van der Waals surface area contributed by atoms with Crippen LogP contribution in [0.1, 0.15) is 17.0 Å². The highest BCUT2D eigenvalue weighted by Crippen LogP contribution is 2.33. The van der Waals surface area contributed by atoms with Gasteiger partial charge in [0.05, 0.1) is 5.69 Å². The second kappa shape index (κ2) is 5.96. The van der Waals surface area contributed by atoms with Crippen LogP contribution in [0.2, 0.25) is 0 Å². The number of nitrogens with zero attached hydrogens (tertiary/aromatic N) is 6. The summed E-state index contributed by atoms with van der Waals surface area (Å²) in [7, 11) is 3.94. The maximum atomic E-state index is 4.84. The number of fused-ring (bicyclic) bond motifs is 1. The molecule has 1 aliphatic heterocycles. The van der Waals surface area contributed by atoms with Crippen molar-refractivity contribution >= 4 is 28.2 Å². The number of hydrogen-bond acceptors (Lipinski definition) is 7. The lowest BCUT2D eigenvalue weighted by Gasteiger charge is -2.35. The Balaban J connectivity index is 1.43. The average Bonchev–Trinajstić information content (AvgIpc) is 3.17. The molecule has 7 heteroatoms. The van der Waals surface area contributed by atoms with Crippen LogP contribution in [-0.4, -0.2) is 55.2 Å². The first kappa shape index (κ1) is 14.7. The first-order chi connectivity index (χ1) is 11.2. The second-order valence-electron chi connectivity index (χ2n) is 6.30. The Morgan fingerprint density at radius 2 is 1.83 bits per heavy atom. The van der Waals surface area contributed by atoms with Crippen molar-refractivity contribution in [1.82, 2.24) is 15.0 Å². The van der Waals surface area contributed by atoms with E-state index in [9.17, 15) is 0 Å². The van der Waals surface area contributed by atoms with Crippen molar-refractivity contribution in [1.29, 1.82) is 0 Å². The minimum Gasteiger partial charge on any atom is -0.353 e. The molecule has 0 atom stereocenters. The molecular formula is C16H22N6S. The third-order valence-corrected chi connectivity index (χ3v) is 5.70. The smallest absolute Gasteiger partial charge is 0.226 e. The molecule has 2 aromatic heterocycles. The summed E-state index contributed by atoms with van der Waals surface area (Å²) in [4.78, 5) is 22.0. The van der Waals surface area contributed by atoms with Gasteiger partial charge in [-0.25, -0.2) is 9.97 Å². The predicted octanol–water partition coefficient (Wildman–Crippen LogP) is 1.81. The van der Waals surface area contributed by atoms with Gasteiger partial charge in [0.25, 0.3) is 0 Å². The molecule has 1 saturated heterocycles. The fourth-order valence-corrected chi connectivity index (χ4v) is 4.37. The Hall–Kier alpha value is -1.89. The van der Waals surface area contributed by atoms with E-state index in [0.717, 1.165) is 37.9 Å². The molecule has 2 aliphatic rings. The van der Waals surface area contributed by atoms with Crippen molar-refractivity contribution in [3.05, 3.63) is 22.8 Å². The van der Waals surface area contributed by atoms with E-state index < -0.39 is 0 Å². The van der Waals surface area contributed by atoms with Crippen molar-refractivity contribution in [2.75, 3.05) is 55.0 Å². The van der Waals surface area contributed by atoms with E-state index in [1.165, 1.54) is 35.0 Å². The summed E-state index contributed by atoms with van der Waals surface area (Å²) in [5, 5.41) is 1.21. The molecule has 0 radical (unpaired) electrons.